The molecule has 0 N–H and O–H groups in total. The van der Waals surface area contributed by atoms with E-state index in [9.17, 15) is 5.26 Å². The van der Waals surface area contributed by atoms with Gasteiger partial charge in [-0.2, -0.15) is 5.26 Å². The second-order valence-electron chi connectivity index (χ2n) is 5.69. The molecule has 23 heavy (non-hydrogen) atoms. The van der Waals surface area contributed by atoms with E-state index in [4.69, 9.17) is 4.98 Å². The molecular weight excluding hydrogens is 280 g/mol. The first kappa shape index (κ1) is 13.5. The molecule has 0 unspecified atom stereocenters. The number of benzene rings is 3. The maximum absolute atomic E-state index is 9.50. The standard InChI is InChI=1S/C21H14N2/c1-14-11-16(13-22)21-19(12-14)17-9-5-6-10-18(17)20(23-21)15-7-3-2-4-8-15/h2-12H,1H3. The van der Waals surface area contributed by atoms with E-state index < -0.39 is 0 Å². The molecule has 0 atom stereocenters. The van der Waals surface area contributed by atoms with Crippen molar-refractivity contribution in [3.63, 3.8) is 0 Å². The Labute approximate surface area is 134 Å². The first-order chi connectivity index (χ1) is 11.3. The summed E-state index contributed by atoms with van der Waals surface area (Å²) in [6, 6.07) is 24.7. The molecule has 1 heterocycles. The Hall–Kier alpha value is -3.18. The molecule has 2 nitrogen and oxygen atoms in total. The highest BCUT2D eigenvalue weighted by atomic mass is 14.7. The van der Waals surface area contributed by atoms with Crippen molar-refractivity contribution in [2.24, 2.45) is 0 Å². The Morgan fingerprint density at radius 2 is 1.52 bits per heavy atom. The number of aryl methyl sites for hydroxylation is 1. The largest absolute Gasteiger partial charge is 0.246 e. The fourth-order valence-corrected chi connectivity index (χ4v) is 3.10. The normalized spacial score (nSPS) is 10.8. The van der Waals surface area contributed by atoms with Crippen LogP contribution in [0.3, 0.4) is 0 Å². The Bertz CT molecular complexity index is 1070. The lowest BCUT2D eigenvalue weighted by Crippen LogP contribution is -1.93. The van der Waals surface area contributed by atoms with E-state index in [-0.39, 0.29) is 0 Å². The van der Waals surface area contributed by atoms with Crippen LogP contribution in [0.4, 0.5) is 0 Å². The number of hydrogen-bond acceptors (Lipinski definition) is 2. The summed E-state index contributed by atoms with van der Waals surface area (Å²) >= 11 is 0. The second kappa shape index (κ2) is 5.23. The van der Waals surface area contributed by atoms with E-state index in [0.29, 0.717) is 5.56 Å². The molecule has 3 aromatic carbocycles. The van der Waals surface area contributed by atoms with Gasteiger partial charge in [0.2, 0.25) is 0 Å². The molecular formula is C21H14N2. The van der Waals surface area contributed by atoms with Gasteiger partial charge < -0.3 is 0 Å². The van der Waals surface area contributed by atoms with E-state index in [1.807, 2.05) is 43.3 Å². The summed E-state index contributed by atoms with van der Waals surface area (Å²) < 4.78 is 0. The Balaban J connectivity index is 2.23. The number of pyridine rings is 1. The van der Waals surface area contributed by atoms with Crippen LogP contribution >= 0.6 is 0 Å². The van der Waals surface area contributed by atoms with Crippen LogP contribution in [0.2, 0.25) is 0 Å². The molecule has 0 aliphatic carbocycles. The highest BCUT2D eigenvalue weighted by molar-refractivity contribution is 6.12. The first-order valence-electron chi connectivity index (χ1n) is 7.56. The van der Waals surface area contributed by atoms with Crippen molar-refractivity contribution in [3.8, 4) is 17.3 Å². The van der Waals surface area contributed by atoms with Gasteiger partial charge in [0.25, 0.3) is 0 Å². The topological polar surface area (TPSA) is 36.7 Å². The van der Waals surface area contributed by atoms with Crippen LogP contribution in [-0.2, 0) is 0 Å². The van der Waals surface area contributed by atoms with Gasteiger partial charge in [-0.15, -0.1) is 0 Å². The van der Waals surface area contributed by atoms with Crippen LogP contribution < -0.4 is 0 Å². The van der Waals surface area contributed by atoms with Gasteiger partial charge in [0.15, 0.2) is 0 Å². The molecule has 4 aromatic rings. The van der Waals surface area contributed by atoms with Crippen molar-refractivity contribution in [2.75, 3.05) is 0 Å². The van der Waals surface area contributed by atoms with E-state index >= 15 is 0 Å². The molecule has 0 spiro atoms. The number of nitriles is 1. The van der Waals surface area contributed by atoms with Crippen LogP contribution in [0.5, 0.6) is 0 Å². The number of rotatable bonds is 1. The maximum atomic E-state index is 9.50. The quantitative estimate of drug-likeness (QED) is 0.450. The number of nitrogens with zero attached hydrogens (tertiary/aromatic N) is 2. The smallest absolute Gasteiger partial charge is 0.101 e. The summed E-state index contributed by atoms with van der Waals surface area (Å²) in [6.45, 7) is 2.01. The average molecular weight is 294 g/mol. The minimum Gasteiger partial charge on any atom is -0.246 e. The van der Waals surface area contributed by atoms with Crippen molar-refractivity contribution < 1.29 is 0 Å². The minimum absolute atomic E-state index is 0.628. The van der Waals surface area contributed by atoms with Crippen molar-refractivity contribution in [1.82, 2.24) is 4.98 Å². The van der Waals surface area contributed by atoms with Crippen molar-refractivity contribution >= 4 is 21.7 Å². The number of aromatic nitrogens is 1. The third-order valence-corrected chi connectivity index (χ3v) is 4.12. The summed E-state index contributed by atoms with van der Waals surface area (Å²) in [4.78, 5) is 4.86. The number of hydrogen-bond donors (Lipinski definition) is 0. The summed E-state index contributed by atoms with van der Waals surface area (Å²) in [7, 11) is 0. The van der Waals surface area contributed by atoms with Crippen molar-refractivity contribution in [2.45, 2.75) is 6.92 Å². The molecule has 0 aliphatic rings. The highest BCUT2D eigenvalue weighted by Crippen LogP contribution is 2.33. The summed E-state index contributed by atoms with van der Waals surface area (Å²) in [5.41, 5.74) is 4.47. The zero-order valence-corrected chi connectivity index (χ0v) is 12.7. The van der Waals surface area contributed by atoms with Crippen molar-refractivity contribution in [1.29, 1.82) is 5.26 Å². The zero-order valence-electron chi connectivity index (χ0n) is 12.7. The molecule has 1 aromatic heterocycles. The lowest BCUT2D eigenvalue weighted by molar-refractivity contribution is 1.38. The maximum Gasteiger partial charge on any atom is 0.101 e. The second-order valence-corrected chi connectivity index (χ2v) is 5.69. The van der Waals surface area contributed by atoms with Crippen molar-refractivity contribution in [3.05, 3.63) is 77.9 Å². The molecule has 0 saturated carbocycles. The predicted octanol–water partition coefficient (Wildman–Crippen LogP) is 5.24. The summed E-state index contributed by atoms with van der Waals surface area (Å²) in [5, 5.41) is 12.8. The van der Waals surface area contributed by atoms with E-state index in [0.717, 1.165) is 38.5 Å². The molecule has 0 bridgehead atoms. The van der Waals surface area contributed by atoms with Gasteiger partial charge in [0.05, 0.1) is 16.8 Å². The Morgan fingerprint density at radius 1 is 0.826 bits per heavy atom. The Kier molecular flexibility index (Phi) is 3.06. The van der Waals surface area contributed by atoms with Crippen LogP contribution in [0.1, 0.15) is 11.1 Å². The van der Waals surface area contributed by atoms with Gasteiger partial charge >= 0.3 is 0 Å². The van der Waals surface area contributed by atoms with Crippen LogP contribution in [0, 0.1) is 18.3 Å². The van der Waals surface area contributed by atoms with Crippen LogP contribution in [0.25, 0.3) is 32.9 Å². The van der Waals surface area contributed by atoms with Gasteiger partial charge in [-0.3, -0.25) is 0 Å². The molecule has 0 aliphatic heterocycles. The van der Waals surface area contributed by atoms with Gasteiger partial charge in [-0.25, -0.2) is 4.98 Å². The molecule has 0 amide bonds. The third kappa shape index (κ3) is 2.15. The summed E-state index contributed by atoms with van der Waals surface area (Å²) in [5.74, 6) is 0. The lowest BCUT2D eigenvalue weighted by atomic mass is 9.97. The first-order valence-corrected chi connectivity index (χ1v) is 7.56. The van der Waals surface area contributed by atoms with Gasteiger partial charge in [0.1, 0.15) is 6.07 Å². The molecule has 2 heteroatoms. The van der Waals surface area contributed by atoms with Crippen LogP contribution in [0.15, 0.2) is 66.7 Å². The van der Waals surface area contributed by atoms with E-state index in [1.54, 1.807) is 0 Å². The van der Waals surface area contributed by atoms with E-state index in [2.05, 4.69) is 36.4 Å². The zero-order chi connectivity index (χ0) is 15.8. The van der Waals surface area contributed by atoms with Crippen LogP contribution in [-0.4, -0.2) is 4.98 Å². The lowest BCUT2D eigenvalue weighted by Gasteiger charge is -2.11. The Morgan fingerprint density at radius 3 is 2.26 bits per heavy atom. The molecule has 4 rings (SSSR count). The SMILES string of the molecule is Cc1cc(C#N)c2nc(-c3ccccc3)c3ccccc3c2c1. The fraction of sp³-hybridized carbons (Fsp3) is 0.0476. The van der Waals surface area contributed by atoms with Gasteiger partial charge in [0, 0.05) is 16.3 Å². The van der Waals surface area contributed by atoms with Gasteiger partial charge in [-0.05, 0) is 30.0 Å². The third-order valence-electron chi connectivity index (χ3n) is 4.12. The summed E-state index contributed by atoms with van der Waals surface area (Å²) in [6.07, 6.45) is 0. The average Bonchev–Trinajstić information content (AvgIpc) is 2.61. The highest BCUT2D eigenvalue weighted by Gasteiger charge is 2.12. The predicted molar refractivity (Wildman–Crippen MR) is 94.1 cm³/mol. The monoisotopic (exact) mass is 294 g/mol. The van der Waals surface area contributed by atoms with E-state index in [1.165, 1.54) is 0 Å². The molecule has 0 saturated heterocycles. The van der Waals surface area contributed by atoms with Gasteiger partial charge in [-0.1, -0.05) is 54.6 Å². The molecule has 108 valence electrons. The molecule has 0 fully saturated rings. The minimum atomic E-state index is 0.628. The number of fused-ring (bicyclic) bond motifs is 3. The fourth-order valence-electron chi connectivity index (χ4n) is 3.10. The molecule has 0 radical (unpaired) electrons.